The molecule has 5 heteroatoms. The quantitative estimate of drug-likeness (QED) is 0.839. The second-order valence-corrected chi connectivity index (χ2v) is 6.26. The molecule has 1 aliphatic rings. The van der Waals surface area contributed by atoms with E-state index in [9.17, 15) is 9.59 Å². The Kier molecular flexibility index (Phi) is 6.02. The Balaban J connectivity index is 2.08. The lowest BCUT2D eigenvalue weighted by molar-refractivity contribution is -0.126. The maximum absolute atomic E-state index is 12.6. The van der Waals surface area contributed by atoms with Crippen LogP contribution in [-0.4, -0.2) is 53.5 Å². The molecule has 2 rings (SSSR count). The molecular formula is C18H27N3O2. The lowest BCUT2D eigenvalue weighted by Crippen LogP contribution is -2.50. The monoisotopic (exact) mass is 317 g/mol. The van der Waals surface area contributed by atoms with Crippen LogP contribution >= 0.6 is 0 Å². The van der Waals surface area contributed by atoms with Gasteiger partial charge in [-0.3, -0.25) is 4.79 Å². The number of aryl methyl sites for hydroxylation is 1. The zero-order valence-electron chi connectivity index (χ0n) is 14.3. The van der Waals surface area contributed by atoms with Crippen LogP contribution in [0, 0.1) is 0 Å². The minimum Gasteiger partial charge on any atom is -0.352 e. The Bertz CT molecular complexity index is 530. The van der Waals surface area contributed by atoms with Gasteiger partial charge in [0.1, 0.15) is 6.04 Å². The van der Waals surface area contributed by atoms with Crippen LogP contribution in [0.2, 0.25) is 0 Å². The van der Waals surface area contributed by atoms with Crippen molar-refractivity contribution in [1.29, 1.82) is 0 Å². The van der Waals surface area contributed by atoms with E-state index in [1.165, 1.54) is 5.56 Å². The molecule has 0 radical (unpaired) electrons. The highest BCUT2D eigenvalue weighted by atomic mass is 16.2. The Morgan fingerprint density at radius 3 is 2.48 bits per heavy atom. The lowest BCUT2D eigenvalue weighted by Gasteiger charge is -2.28. The van der Waals surface area contributed by atoms with Gasteiger partial charge in [0, 0.05) is 25.7 Å². The van der Waals surface area contributed by atoms with Gasteiger partial charge < -0.3 is 15.1 Å². The van der Waals surface area contributed by atoms with Gasteiger partial charge in [0.25, 0.3) is 0 Å². The van der Waals surface area contributed by atoms with Gasteiger partial charge >= 0.3 is 6.03 Å². The number of urea groups is 1. The van der Waals surface area contributed by atoms with E-state index in [0.29, 0.717) is 26.1 Å². The summed E-state index contributed by atoms with van der Waals surface area (Å²) in [5, 5.41) is 2.96. The first kappa shape index (κ1) is 17.3. The normalized spacial score (nSPS) is 16.1. The topological polar surface area (TPSA) is 52.6 Å². The average Bonchev–Trinajstić information content (AvgIpc) is 2.89. The maximum atomic E-state index is 12.6. The molecule has 1 heterocycles. The van der Waals surface area contributed by atoms with Crippen LogP contribution in [0.25, 0.3) is 0 Å². The third kappa shape index (κ3) is 4.47. The van der Waals surface area contributed by atoms with Crippen LogP contribution in [0.3, 0.4) is 0 Å². The first-order chi connectivity index (χ1) is 11.0. The third-order valence-corrected chi connectivity index (χ3v) is 4.17. The van der Waals surface area contributed by atoms with Crippen molar-refractivity contribution in [2.75, 3.05) is 19.6 Å². The van der Waals surface area contributed by atoms with Gasteiger partial charge in [-0.2, -0.15) is 0 Å². The van der Waals surface area contributed by atoms with E-state index in [4.69, 9.17) is 0 Å². The number of hydrogen-bond acceptors (Lipinski definition) is 2. The molecular weight excluding hydrogens is 290 g/mol. The van der Waals surface area contributed by atoms with Crippen molar-refractivity contribution in [3.63, 3.8) is 0 Å². The molecule has 1 aliphatic heterocycles. The van der Waals surface area contributed by atoms with Gasteiger partial charge in [-0.1, -0.05) is 30.3 Å². The number of rotatable bonds is 7. The second kappa shape index (κ2) is 7.99. The maximum Gasteiger partial charge on any atom is 0.320 e. The molecule has 1 fully saturated rings. The first-order valence-electron chi connectivity index (χ1n) is 8.42. The summed E-state index contributed by atoms with van der Waals surface area (Å²) in [6.07, 6.45) is 1.43. The van der Waals surface area contributed by atoms with Gasteiger partial charge in [0.15, 0.2) is 0 Å². The third-order valence-electron chi connectivity index (χ3n) is 4.17. The number of nitrogens with zero attached hydrogens (tertiary/aromatic N) is 2. The van der Waals surface area contributed by atoms with E-state index in [1.54, 1.807) is 9.80 Å². The summed E-state index contributed by atoms with van der Waals surface area (Å²) in [6.45, 7) is 7.86. The van der Waals surface area contributed by atoms with Crippen LogP contribution in [0.1, 0.15) is 32.8 Å². The molecule has 3 amide bonds. The zero-order valence-corrected chi connectivity index (χ0v) is 14.3. The van der Waals surface area contributed by atoms with Crippen molar-refractivity contribution in [2.24, 2.45) is 0 Å². The van der Waals surface area contributed by atoms with Crippen LogP contribution in [0.5, 0.6) is 0 Å². The highest BCUT2D eigenvalue weighted by Crippen LogP contribution is 2.17. The minimum absolute atomic E-state index is 0.0236. The van der Waals surface area contributed by atoms with Crippen LogP contribution in [-0.2, 0) is 11.2 Å². The molecule has 0 spiro atoms. The van der Waals surface area contributed by atoms with Crippen LogP contribution in [0.4, 0.5) is 4.79 Å². The van der Waals surface area contributed by atoms with Gasteiger partial charge in [-0.15, -0.1) is 0 Å². The number of carbonyl (C=O) groups excluding carboxylic acids is 2. The number of amides is 3. The second-order valence-electron chi connectivity index (χ2n) is 6.26. The number of hydrogen-bond donors (Lipinski definition) is 1. The molecule has 1 aromatic carbocycles. The van der Waals surface area contributed by atoms with Crippen molar-refractivity contribution in [3.05, 3.63) is 35.9 Å². The molecule has 0 aliphatic carbocycles. The molecule has 126 valence electrons. The Morgan fingerprint density at radius 1 is 1.22 bits per heavy atom. The number of likely N-dealkylation sites (N-methyl/N-ethyl adjacent to an activating group) is 1. The lowest BCUT2D eigenvalue weighted by atomic mass is 10.0. The summed E-state index contributed by atoms with van der Waals surface area (Å²) in [6, 6.07) is 9.74. The molecule has 1 atom stereocenters. The molecule has 1 saturated heterocycles. The standard InChI is InChI=1S/C18H27N3O2/c1-4-20-12-13-21(18(20)23)16(17(22)19-14(2)3)11-10-15-8-6-5-7-9-15/h5-9,14,16H,4,10-13H2,1-3H3,(H,19,22). The Labute approximate surface area is 138 Å². The van der Waals surface area contributed by atoms with Crippen molar-refractivity contribution < 1.29 is 9.59 Å². The largest absolute Gasteiger partial charge is 0.352 e. The number of carbonyl (C=O) groups is 2. The van der Waals surface area contributed by atoms with Crippen LogP contribution < -0.4 is 5.32 Å². The number of nitrogens with one attached hydrogen (secondary N) is 1. The van der Waals surface area contributed by atoms with Gasteiger partial charge in [0.05, 0.1) is 0 Å². The number of benzene rings is 1. The van der Waals surface area contributed by atoms with Crippen molar-refractivity contribution >= 4 is 11.9 Å². The van der Waals surface area contributed by atoms with Crippen molar-refractivity contribution in [3.8, 4) is 0 Å². The molecule has 0 saturated carbocycles. The summed E-state index contributed by atoms with van der Waals surface area (Å²) < 4.78 is 0. The fourth-order valence-electron chi connectivity index (χ4n) is 2.94. The zero-order chi connectivity index (χ0) is 16.8. The van der Waals surface area contributed by atoms with E-state index < -0.39 is 6.04 Å². The predicted octanol–water partition coefficient (Wildman–Crippen LogP) is 2.27. The molecule has 23 heavy (non-hydrogen) atoms. The Morgan fingerprint density at radius 2 is 1.91 bits per heavy atom. The van der Waals surface area contributed by atoms with Gasteiger partial charge in [0.2, 0.25) is 5.91 Å². The molecule has 5 nitrogen and oxygen atoms in total. The molecule has 1 N–H and O–H groups in total. The van der Waals surface area contributed by atoms with Gasteiger partial charge in [-0.05, 0) is 39.2 Å². The van der Waals surface area contributed by atoms with E-state index in [2.05, 4.69) is 17.4 Å². The fraction of sp³-hybridized carbons (Fsp3) is 0.556. The highest BCUT2D eigenvalue weighted by Gasteiger charge is 2.36. The SMILES string of the molecule is CCN1CCN(C(CCc2ccccc2)C(=O)NC(C)C)C1=O. The smallest absolute Gasteiger partial charge is 0.320 e. The van der Waals surface area contributed by atoms with E-state index in [-0.39, 0.29) is 18.0 Å². The fourth-order valence-corrected chi connectivity index (χ4v) is 2.94. The van der Waals surface area contributed by atoms with Crippen molar-refractivity contribution in [2.45, 2.75) is 45.7 Å². The summed E-state index contributed by atoms with van der Waals surface area (Å²) in [7, 11) is 0. The molecule has 1 unspecified atom stereocenters. The van der Waals surface area contributed by atoms with Gasteiger partial charge in [-0.25, -0.2) is 4.79 Å². The summed E-state index contributed by atoms with van der Waals surface area (Å²) >= 11 is 0. The Hall–Kier alpha value is -2.04. The predicted molar refractivity (Wildman–Crippen MR) is 91.2 cm³/mol. The first-order valence-corrected chi connectivity index (χ1v) is 8.42. The minimum atomic E-state index is -0.401. The van der Waals surface area contributed by atoms with E-state index in [0.717, 1.165) is 6.42 Å². The van der Waals surface area contributed by atoms with E-state index >= 15 is 0 Å². The molecule has 1 aromatic rings. The van der Waals surface area contributed by atoms with E-state index in [1.807, 2.05) is 39.0 Å². The van der Waals surface area contributed by atoms with Crippen molar-refractivity contribution in [1.82, 2.24) is 15.1 Å². The average molecular weight is 317 g/mol. The summed E-state index contributed by atoms with van der Waals surface area (Å²) in [4.78, 5) is 28.5. The molecule has 0 bridgehead atoms. The van der Waals surface area contributed by atoms with Crippen LogP contribution in [0.15, 0.2) is 30.3 Å². The molecule has 0 aromatic heterocycles. The summed E-state index contributed by atoms with van der Waals surface area (Å²) in [5.41, 5.74) is 1.19. The summed E-state index contributed by atoms with van der Waals surface area (Å²) in [5.74, 6) is -0.0535. The highest BCUT2D eigenvalue weighted by molar-refractivity contribution is 5.88.